The SMILES string of the molecule is CC1CN(CCOc2ccc(C#N)cc2)CC(C)N1. The number of hydrogen-bond acceptors (Lipinski definition) is 4. The lowest BCUT2D eigenvalue weighted by Gasteiger charge is -2.35. The van der Waals surface area contributed by atoms with Gasteiger partial charge in [-0.3, -0.25) is 4.90 Å². The van der Waals surface area contributed by atoms with Crippen molar-refractivity contribution in [2.24, 2.45) is 0 Å². The first-order chi connectivity index (χ1) is 9.17. The molecule has 0 aromatic heterocycles. The molecule has 1 saturated heterocycles. The summed E-state index contributed by atoms with van der Waals surface area (Å²) in [5, 5.41) is 12.2. The molecule has 1 heterocycles. The number of benzene rings is 1. The van der Waals surface area contributed by atoms with Gasteiger partial charge >= 0.3 is 0 Å². The van der Waals surface area contributed by atoms with E-state index in [0.29, 0.717) is 24.3 Å². The van der Waals surface area contributed by atoms with Crippen molar-refractivity contribution in [2.75, 3.05) is 26.2 Å². The standard InChI is InChI=1S/C15H21N3O/c1-12-10-18(11-13(2)17-12)7-8-19-15-5-3-14(9-16)4-6-15/h3-6,12-13,17H,7-8,10-11H2,1-2H3. The summed E-state index contributed by atoms with van der Waals surface area (Å²) in [5.74, 6) is 0.829. The molecule has 2 unspecified atom stereocenters. The Kier molecular flexibility index (Phi) is 4.78. The predicted molar refractivity (Wildman–Crippen MR) is 75.2 cm³/mol. The zero-order valence-electron chi connectivity index (χ0n) is 11.6. The number of ether oxygens (including phenoxy) is 1. The zero-order chi connectivity index (χ0) is 13.7. The quantitative estimate of drug-likeness (QED) is 0.892. The number of nitrogens with one attached hydrogen (secondary N) is 1. The molecule has 0 aliphatic carbocycles. The highest BCUT2D eigenvalue weighted by atomic mass is 16.5. The molecule has 4 nitrogen and oxygen atoms in total. The molecule has 2 rings (SSSR count). The van der Waals surface area contributed by atoms with Crippen LogP contribution in [-0.2, 0) is 0 Å². The van der Waals surface area contributed by atoms with E-state index in [-0.39, 0.29) is 0 Å². The van der Waals surface area contributed by atoms with Crippen molar-refractivity contribution < 1.29 is 4.74 Å². The van der Waals surface area contributed by atoms with Gasteiger partial charge in [0.25, 0.3) is 0 Å². The first-order valence-electron chi connectivity index (χ1n) is 6.79. The van der Waals surface area contributed by atoms with Crippen LogP contribution < -0.4 is 10.1 Å². The number of nitriles is 1. The van der Waals surface area contributed by atoms with Gasteiger partial charge in [-0.25, -0.2) is 0 Å². The fourth-order valence-electron chi connectivity index (χ4n) is 2.54. The molecule has 1 aromatic carbocycles. The lowest BCUT2D eigenvalue weighted by atomic mass is 10.1. The predicted octanol–water partition coefficient (Wildman–Crippen LogP) is 1.62. The van der Waals surface area contributed by atoms with Crippen LogP contribution in [0.5, 0.6) is 5.75 Å². The summed E-state index contributed by atoms with van der Waals surface area (Å²) >= 11 is 0. The molecule has 0 radical (unpaired) electrons. The van der Waals surface area contributed by atoms with Gasteiger partial charge in [0.15, 0.2) is 0 Å². The van der Waals surface area contributed by atoms with Gasteiger partial charge in [-0.05, 0) is 38.1 Å². The van der Waals surface area contributed by atoms with Crippen LogP contribution in [0.2, 0.25) is 0 Å². The maximum Gasteiger partial charge on any atom is 0.119 e. The molecule has 102 valence electrons. The normalized spacial score (nSPS) is 23.8. The van der Waals surface area contributed by atoms with Gasteiger partial charge in [-0.1, -0.05) is 0 Å². The fraction of sp³-hybridized carbons (Fsp3) is 0.533. The minimum Gasteiger partial charge on any atom is -0.492 e. The fourth-order valence-corrected chi connectivity index (χ4v) is 2.54. The van der Waals surface area contributed by atoms with Crippen molar-refractivity contribution >= 4 is 0 Å². The van der Waals surface area contributed by atoms with Gasteiger partial charge in [0.1, 0.15) is 12.4 Å². The van der Waals surface area contributed by atoms with Crippen LogP contribution in [0.3, 0.4) is 0 Å². The van der Waals surface area contributed by atoms with Gasteiger partial charge in [0.2, 0.25) is 0 Å². The number of rotatable bonds is 4. The molecule has 19 heavy (non-hydrogen) atoms. The second kappa shape index (κ2) is 6.55. The third kappa shape index (κ3) is 4.23. The van der Waals surface area contributed by atoms with Crippen LogP contribution in [0.4, 0.5) is 0 Å². The van der Waals surface area contributed by atoms with Crippen molar-refractivity contribution in [3.63, 3.8) is 0 Å². The second-order valence-corrected chi connectivity index (χ2v) is 5.21. The van der Waals surface area contributed by atoms with E-state index in [9.17, 15) is 0 Å². The largest absolute Gasteiger partial charge is 0.492 e. The molecule has 0 saturated carbocycles. The van der Waals surface area contributed by atoms with Crippen molar-refractivity contribution in [1.29, 1.82) is 5.26 Å². The molecule has 0 bridgehead atoms. The molecule has 1 aliphatic heterocycles. The molecule has 0 spiro atoms. The minimum atomic E-state index is 0.540. The molecule has 1 fully saturated rings. The molecule has 1 N–H and O–H groups in total. The minimum absolute atomic E-state index is 0.540. The van der Waals surface area contributed by atoms with Gasteiger partial charge < -0.3 is 10.1 Å². The lowest BCUT2D eigenvalue weighted by molar-refractivity contribution is 0.146. The lowest BCUT2D eigenvalue weighted by Crippen LogP contribution is -2.54. The highest BCUT2D eigenvalue weighted by Crippen LogP contribution is 2.11. The van der Waals surface area contributed by atoms with E-state index in [1.807, 2.05) is 12.1 Å². The molecular formula is C15H21N3O. The number of hydrogen-bond donors (Lipinski definition) is 1. The maximum atomic E-state index is 8.72. The van der Waals surface area contributed by atoms with E-state index in [1.54, 1.807) is 12.1 Å². The number of piperazine rings is 1. The smallest absolute Gasteiger partial charge is 0.119 e. The molecular weight excluding hydrogens is 238 g/mol. The van der Waals surface area contributed by atoms with Crippen LogP contribution in [0, 0.1) is 11.3 Å². The molecule has 0 amide bonds. The Bertz CT molecular complexity index is 428. The molecule has 1 aromatic rings. The van der Waals surface area contributed by atoms with E-state index in [1.165, 1.54) is 0 Å². The van der Waals surface area contributed by atoms with Crippen molar-refractivity contribution in [3.8, 4) is 11.8 Å². The highest BCUT2D eigenvalue weighted by Gasteiger charge is 2.20. The van der Waals surface area contributed by atoms with Gasteiger partial charge in [0.05, 0.1) is 11.6 Å². The molecule has 2 atom stereocenters. The summed E-state index contributed by atoms with van der Waals surface area (Å²) < 4.78 is 5.71. The van der Waals surface area contributed by atoms with E-state index < -0.39 is 0 Å². The zero-order valence-corrected chi connectivity index (χ0v) is 11.6. The Labute approximate surface area is 115 Å². The number of nitrogens with zero attached hydrogens (tertiary/aromatic N) is 2. The highest BCUT2D eigenvalue weighted by molar-refractivity contribution is 5.34. The second-order valence-electron chi connectivity index (χ2n) is 5.21. The van der Waals surface area contributed by atoms with Crippen molar-refractivity contribution in [2.45, 2.75) is 25.9 Å². The Balaban J connectivity index is 1.75. The Morgan fingerprint density at radius 1 is 1.26 bits per heavy atom. The Morgan fingerprint density at radius 3 is 2.47 bits per heavy atom. The Hall–Kier alpha value is -1.57. The van der Waals surface area contributed by atoms with E-state index >= 15 is 0 Å². The van der Waals surface area contributed by atoms with E-state index in [4.69, 9.17) is 10.00 Å². The van der Waals surface area contributed by atoms with Crippen molar-refractivity contribution in [1.82, 2.24) is 10.2 Å². The summed E-state index contributed by atoms with van der Waals surface area (Å²) in [6.07, 6.45) is 0. The summed E-state index contributed by atoms with van der Waals surface area (Å²) in [7, 11) is 0. The van der Waals surface area contributed by atoms with Crippen LogP contribution in [0.15, 0.2) is 24.3 Å². The topological polar surface area (TPSA) is 48.3 Å². The van der Waals surface area contributed by atoms with Crippen LogP contribution >= 0.6 is 0 Å². The first kappa shape index (κ1) is 13.9. The summed E-state index contributed by atoms with van der Waals surface area (Å²) in [5.41, 5.74) is 0.664. The van der Waals surface area contributed by atoms with Crippen LogP contribution in [0.1, 0.15) is 19.4 Å². The van der Waals surface area contributed by atoms with E-state index in [2.05, 4.69) is 30.1 Å². The monoisotopic (exact) mass is 259 g/mol. The van der Waals surface area contributed by atoms with Crippen molar-refractivity contribution in [3.05, 3.63) is 29.8 Å². The van der Waals surface area contributed by atoms with Gasteiger partial charge in [0, 0.05) is 31.7 Å². The van der Waals surface area contributed by atoms with Gasteiger partial charge in [-0.2, -0.15) is 5.26 Å². The third-order valence-electron chi connectivity index (χ3n) is 3.29. The summed E-state index contributed by atoms with van der Waals surface area (Å²) in [6.45, 7) is 8.19. The average Bonchev–Trinajstić information content (AvgIpc) is 2.38. The average molecular weight is 259 g/mol. The van der Waals surface area contributed by atoms with Crippen LogP contribution in [0.25, 0.3) is 0 Å². The maximum absolute atomic E-state index is 8.72. The third-order valence-corrected chi connectivity index (χ3v) is 3.29. The van der Waals surface area contributed by atoms with Crippen LogP contribution in [-0.4, -0.2) is 43.2 Å². The summed E-state index contributed by atoms with van der Waals surface area (Å²) in [4.78, 5) is 2.43. The summed E-state index contributed by atoms with van der Waals surface area (Å²) in [6, 6.07) is 10.4. The van der Waals surface area contributed by atoms with Gasteiger partial charge in [-0.15, -0.1) is 0 Å². The Morgan fingerprint density at radius 2 is 1.89 bits per heavy atom. The molecule has 1 aliphatic rings. The van der Waals surface area contributed by atoms with E-state index in [0.717, 1.165) is 25.4 Å². The molecule has 4 heteroatoms. The first-order valence-corrected chi connectivity index (χ1v) is 6.79.